The minimum absolute atomic E-state index is 0.0562. The van der Waals surface area contributed by atoms with Crippen LogP contribution in [0.25, 0.3) is 22.0 Å². The zero-order valence-corrected chi connectivity index (χ0v) is 24.2. The summed E-state index contributed by atoms with van der Waals surface area (Å²) in [6.45, 7) is 6.40. The van der Waals surface area contributed by atoms with Gasteiger partial charge >= 0.3 is 6.01 Å². The van der Waals surface area contributed by atoms with Gasteiger partial charge in [-0.25, -0.2) is 4.39 Å². The molecule has 3 saturated heterocycles. The van der Waals surface area contributed by atoms with Crippen molar-refractivity contribution >= 4 is 34.2 Å². The van der Waals surface area contributed by atoms with E-state index in [1.54, 1.807) is 0 Å². The lowest BCUT2D eigenvalue weighted by molar-refractivity contribution is -0.127. The van der Waals surface area contributed by atoms with Gasteiger partial charge in [-0.2, -0.15) is 9.97 Å². The normalized spacial score (nSPS) is 23.8. The lowest BCUT2D eigenvalue weighted by atomic mass is 9.85. The van der Waals surface area contributed by atoms with Crippen LogP contribution in [0.4, 0.5) is 10.2 Å². The summed E-state index contributed by atoms with van der Waals surface area (Å²) in [5.74, 6) is 0.116. The van der Waals surface area contributed by atoms with E-state index in [2.05, 4.69) is 34.5 Å². The van der Waals surface area contributed by atoms with Gasteiger partial charge in [0.2, 0.25) is 5.91 Å². The minimum atomic E-state index is -0.440. The van der Waals surface area contributed by atoms with Gasteiger partial charge in [-0.15, -0.1) is 0 Å². The zero-order chi connectivity index (χ0) is 28.2. The van der Waals surface area contributed by atoms with Crippen molar-refractivity contribution in [2.24, 2.45) is 0 Å². The topological polar surface area (TPSA) is 61.8 Å². The Morgan fingerprint density at radius 3 is 2.83 bits per heavy atom. The van der Waals surface area contributed by atoms with Crippen molar-refractivity contribution in [3.8, 4) is 17.1 Å². The maximum Gasteiger partial charge on any atom is 0.319 e. The third kappa shape index (κ3) is 4.47. The Balaban J connectivity index is 1.32. The fourth-order valence-corrected chi connectivity index (χ4v) is 7.61. The van der Waals surface area contributed by atoms with Crippen molar-refractivity contribution < 1.29 is 13.9 Å². The number of likely N-dealkylation sites (N-methyl/N-ethyl adjacent to an activating group) is 1. The zero-order valence-electron chi connectivity index (χ0n) is 23.4. The molecule has 7 nitrogen and oxygen atoms in total. The second kappa shape index (κ2) is 10.6. The number of amides is 1. The minimum Gasteiger partial charge on any atom is -0.462 e. The van der Waals surface area contributed by atoms with E-state index in [1.165, 1.54) is 17.2 Å². The van der Waals surface area contributed by atoms with E-state index in [0.717, 1.165) is 57.1 Å². The number of likely N-dealkylation sites (tertiary alicyclic amines) is 2. The van der Waals surface area contributed by atoms with Crippen LogP contribution in [0.5, 0.6) is 6.01 Å². The van der Waals surface area contributed by atoms with Crippen LogP contribution in [0.3, 0.4) is 0 Å². The van der Waals surface area contributed by atoms with Gasteiger partial charge in [0.1, 0.15) is 17.9 Å². The summed E-state index contributed by atoms with van der Waals surface area (Å²) in [6, 6.07) is 8.55. The number of nitrogens with zero attached hydrogens (tertiary/aromatic N) is 5. The van der Waals surface area contributed by atoms with E-state index in [1.807, 2.05) is 23.1 Å². The van der Waals surface area contributed by atoms with Crippen LogP contribution in [0.1, 0.15) is 43.2 Å². The molecule has 2 aromatic carbocycles. The molecular weight excluding hydrogens is 541 g/mol. The summed E-state index contributed by atoms with van der Waals surface area (Å²) < 4.78 is 22.9. The first-order chi connectivity index (χ1) is 19.9. The van der Waals surface area contributed by atoms with Gasteiger partial charge in [0, 0.05) is 30.1 Å². The van der Waals surface area contributed by atoms with E-state index < -0.39 is 5.82 Å². The number of halogens is 2. The summed E-state index contributed by atoms with van der Waals surface area (Å²) >= 11 is 6.91. The first-order valence-corrected chi connectivity index (χ1v) is 15.2. The van der Waals surface area contributed by atoms with E-state index >= 15 is 4.39 Å². The lowest BCUT2D eigenvalue weighted by Crippen LogP contribution is -2.63. The Hall–Kier alpha value is -3.23. The van der Waals surface area contributed by atoms with E-state index in [4.69, 9.17) is 21.3 Å². The van der Waals surface area contributed by atoms with Gasteiger partial charge in [0.05, 0.1) is 17.1 Å². The number of rotatable bonds is 6. The molecule has 3 fully saturated rings. The Morgan fingerprint density at radius 2 is 2.02 bits per heavy atom. The Labute approximate surface area is 244 Å². The summed E-state index contributed by atoms with van der Waals surface area (Å²) in [7, 11) is 2.10. The number of aryl methyl sites for hydroxylation is 1. The standard InChI is InChI=1S/C32H35ClFN5O2/c1-3-27(40)38-15-13-25-26(38)17-39(25)31-23-16-24(33)28(22-12-6-9-19-8-4-5-11-21(19)22)29(34)30(23)35-32(36-31)41-18-20-10-7-14-37(20)2/h3,6,9,12,16,20,25-26H,1,4-5,7-8,10-11,13-15,17-18H2,2H3/t20-,25?,26+/m0/s1. The highest BCUT2D eigenvalue weighted by atomic mass is 35.5. The molecule has 7 rings (SSSR count). The Bertz CT molecular complexity index is 1550. The van der Waals surface area contributed by atoms with E-state index in [0.29, 0.717) is 41.5 Å². The molecule has 1 aromatic heterocycles. The summed E-state index contributed by atoms with van der Waals surface area (Å²) in [4.78, 5) is 28.2. The molecule has 4 heterocycles. The third-order valence-electron chi connectivity index (χ3n) is 9.61. The highest BCUT2D eigenvalue weighted by molar-refractivity contribution is 6.34. The largest absolute Gasteiger partial charge is 0.462 e. The average molecular weight is 576 g/mol. The summed E-state index contributed by atoms with van der Waals surface area (Å²) in [6.07, 6.45) is 8.49. The number of aromatic nitrogens is 2. The van der Waals surface area contributed by atoms with Crippen molar-refractivity contribution in [3.63, 3.8) is 0 Å². The molecule has 214 valence electrons. The SMILES string of the molecule is C=CC(=O)N1CCC2[C@H]1CN2c1nc(OC[C@@H]2CCCN2C)nc2c(F)c(-c3cccc4c3CCCC4)c(Cl)cc12. The number of hydrogen-bond acceptors (Lipinski definition) is 6. The number of carbonyl (C=O) groups excluding carboxylic acids is 1. The monoisotopic (exact) mass is 575 g/mol. The van der Waals surface area contributed by atoms with E-state index in [9.17, 15) is 4.79 Å². The molecule has 9 heteroatoms. The first-order valence-electron chi connectivity index (χ1n) is 14.8. The first kappa shape index (κ1) is 26.7. The van der Waals surface area contributed by atoms with Crippen molar-refractivity contribution in [1.82, 2.24) is 19.8 Å². The second-order valence-electron chi connectivity index (χ2n) is 11.8. The molecule has 0 spiro atoms. The van der Waals surface area contributed by atoms with Gasteiger partial charge in [-0.05, 0) is 87.4 Å². The van der Waals surface area contributed by atoms with Gasteiger partial charge < -0.3 is 19.4 Å². The number of ether oxygens (including phenoxy) is 1. The highest BCUT2D eigenvalue weighted by Crippen LogP contribution is 2.44. The van der Waals surface area contributed by atoms with Crippen LogP contribution >= 0.6 is 11.6 Å². The van der Waals surface area contributed by atoms with Crippen molar-refractivity contribution in [3.05, 3.63) is 58.9 Å². The number of fused-ring (bicyclic) bond motifs is 3. The molecule has 3 aromatic rings. The number of anilines is 1. The predicted octanol–water partition coefficient (Wildman–Crippen LogP) is 5.42. The third-order valence-corrected chi connectivity index (χ3v) is 9.91. The second-order valence-corrected chi connectivity index (χ2v) is 12.2. The summed E-state index contributed by atoms with van der Waals surface area (Å²) in [5.41, 5.74) is 3.91. The van der Waals surface area contributed by atoms with E-state index in [-0.39, 0.29) is 35.6 Å². The Morgan fingerprint density at radius 1 is 1.17 bits per heavy atom. The van der Waals surface area contributed by atoms with Crippen LogP contribution in [-0.2, 0) is 17.6 Å². The molecule has 0 bridgehead atoms. The molecule has 41 heavy (non-hydrogen) atoms. The molecule has 0 N–H and O–H groups in total. The number of benzene rings is 2. The predicted molar refractivity (Wildman–Crippen MR) is 159 cm³/mol. The smallest absolute Gasteiger partial charge is 0.319 e. The van der Waals surface area contributed by atoms with Gasteiger partial charge in [0.15, 0.2) is 5.82 Å². The lowest BCUT2D eigenvalue weighted by Gasteiger charge is -2.47. The fourth-order valence-electron chi connectivity index (χ4n) is 7.32. The van der Waals surface area contributed by atoms with Crippen molar-refractivity contribution in [2.45, 2.75) is 63.1 Å². The molecule has 1 amide bonds. The number of carbonyl (C=O) groups is 1. The maximum atomic E-state index is 16.7. The van der Waals surface area contributed by atoms with Crippen molar-refractivity contribution in [1.29, 1.82) is 0 Å². The quantitative estimate of drug-likeness (QED) is 0.366. The van der Waals surface area contributed by atoms with Crippen LogP contribution in [0.15, 0.2) is 36.9 Å². The van der Waals surface area contributed by atoms with Gasteiger partial charge in [-0.1, -0.05) is 36.4 Å². The highest BCUT2D eigenvalue weighted by Gasteiger charge is 2.49. The molecule has 0 radical (unpaired) electrons. The maximum absolute atomic E-state index is 16.7. The number of hydrogen-bond donors (Lipinski definition) is 0. The van der Waals surface area contributed by atoms with Crippen LogP contribution < -0.4 is 9.64 Å². The fraction of sp³-hybridized carbons (Fsp3) is 0.469. The molecule has 1 aliphatic carbocycles. The molecule has 3 aliphatic heterocycles. The molecule has 4 aliphatic rings. The van der Waals surface area contributed by atoms with Crippen LogP contribution in [0.2, 0.25) is 5.02 Å². The molecule has 0 saturated carbocycles. The van der Waals surface area contributed by atoms with Crippen LogP contribution in [0, 0.1) is 5.82 Å². The van der Waals surface area contributed by atoms with Gasteiger partial charge in [0.25, 0.3) is 0 Å². The van der Waals surface area contributed by atoms with Crippen molar-refractivity contribution in [2.75, 3.05) is 38.2 Å². The Kier molecular flexibility index (Phi) is 6.86. The molecule has 1 unspecified atom stereocenters. The molecule has 3 atom stereocenters. The summed E-state index contributed by atoms with van der Waals surface area (Å²) in [5, 5.41) is 0.922. The van der Waals surface area contributed by atoms with Crippen LogP contribution in [-0.4, -0.2) is 77.1 Å². The molecular formula is C32H35ClFN5O2. The average Bonchev–Trinajstić information content (AvgIpc) is 3.53. The van der Waals surface area contributed by atoms with Gasteiger partial charge in [-0.3, -0.25) is 4.79 Å².